The first-order valence-electron chi connectivity index (χ1n) is 11.5. The largest absolute Gasteiger partial charge is 0.457 e. The van der Waals surface area contributed by atoms with Crippen molar-refractivity contribution in [1.82, 2.24) is 0 Å². The maximum Gasteiger partial charge on any atom is 0.338 e. The van der Waals surface area contributed by atoms with E-state index in [1.54, 1.807) is 32.9 Å². The van der Waals surface area contributed by atoms with Crippen molar-refractivity contribution in [2.45, 2.75) is 65.9 Å². The summed E-state index contributed by atoms with van der Waals surface area (Å²) in [6.45, 7) is 5.39. The van der Waals surface area contributed by atoms with Crippen LogP contribution in [0, 0.1) is 0 Å². The highest BCUT2D eigenvalue weighted by Gasteiger charge is 2.25. The standard InChI is InChI=1S/C26H29BrO8/c1-4-8-22(28)33-20-14-18(26(31)32-16-17-11-7-12-19(27)13-17)15-21(34-23(29)9-5-2)25(20)35-24(30)10-6-3/h7,11-15H,4-6,8-10,16H2,1-3H3. The van der Waals surface area contributed by atoms with Crippen molar-refractivity contribution in [3.05, 3.63) is 52.0 Å². The molecule has 0 saturated carbocycles. The minimum absolute atomic E-state index is 0.0125. The Bertz CT molecular complexity index is 1020. The van der Waals surface area contributed by atoms with Crippen LogP contribution in [0.15, 0.2) is 40.9 Å². The summed E-state index contributed by atoms with van der Waals surface area (Å²) < 4.78 is 22.4. The molecule has 2 aromatic rings. The monoisotopic (exact) mass is 548 g/mol. The predicted molar refractivity (Wildman–Crippen MR) is 131 cm³/mol. The Hall–Kier alpha value is -3.20. The zero-order valence-electron chi connectivity index (χ0n) is 20.1. The first-order chi connectivity index (χ1) is 16.8. The van der Waals surface area contributed by atoms with Crippen molar-refractivity contribution >= 4 is 39.8 Å². The number of ether oxygens (including phenoxy) is 4. The summed E-state index contributed by atoms with van der Waals surface area (Å²) in [5.74, 6) is -3.17. The van der Waals surface area contributed by atoms with Crippen molar-refractivity contribution in [2.75, 3.05) is 0 Å². The normalized spacial score (nSPS) is 10.4. The Labute approximate surface area is 213 Å². The molecule has 0 amide bonds. The molecule has 2 rings (SSSR count). The molecule has 0 fully saturated rings. The molecule has 0 unspecified atom stereocenters. The van der Waals surface area contributed by atoms with Crippen LogP contribution in [-0.4, -0.2) is 23.9 Å². The van der Waals surface area contributed by atoms with E-state index in [1.807, 2.05) is 12.1 Å². The molecule has 0 atom stereocenters. The number of esters is 4. The molecule has 0 saturated heterocycles. The second kappa shape index (κ2) is 14.3. The molecule has 188 valence electrons. The molecule has 0 aliphatic rings. The van der Waals surface area contributed by atoms with Gasteiger partial charge in [-0.3, -0.25) is 14.4 Å². The molecule has 0 N–H and O–H groups in total. The number of hydrogen-bond acceptors (Lipinski definition) is 8. The third-order valence-corrected chi connectivity index (χ3v) is 5.03. The van der Waals surface area contributed by atoms with E-state index in [-0.39, 0.29) is 48.7 Å². The van der Waals surface area contributed by atoms with Gasteiger partial charge in [-0.2, -0.15) is 0 Å². The first kappa shape index (κ1) is 28.0. The van der Waals surface area contributed by atoms with Gasteiger partial charge >= 0.3 is 23.9 Å². The highest BCUT2D eigenvalue weighted by Crippen LogP contribution is 2.40. The second-order valence-electron chi connectivity index (χ2n) is 7.68. The highest BCUT2D eigenvalue weighted by atomic mass is 79.9. The van der Waals surface area contributed by atoms with Crippen LogP contribution < -0.4 is 14.2 Å². The topological polar surface area (TPSA) is 105 Å². The summed E-state index contributed by atoms with van der Waals surface area (Å²) in [5, 5.41) is 0. The highest BCUT2D eigenvalue weighted by molar-refractivity contribution is 9.10. The Morgan fingerprint density at radius 1 is 0.743 bits per heavy atom. The van der Waals surface area contributed by atoms with E-state index in [0.29, 0.717) is 19.3 Å². The Morgan fingerprint density at radius 2 is 1.26 bits per heavy atom. The quantitative estimate of drug-likeness (QED) is 0.237. The Morgan fingerprint density at radius 3 is 1.74 bits per heavy atom. The average molecular weight is 549 g/mol. The molecule has 35 heavy (non-hydrogen) atoms. The molecule has 0 heterocycles. The zero-order chi connectivity index (χ0) is 25.8. The van der Waals surface area contributed by atoms with E-state index >= 15 is 0 Å². The summed E-state index contributed by atoms with van der Waals surface area (Å²) >= 11 is 3.36. The van der Waals surface area contributed by atoms with Crippen LogP contribution in [0.1, 0.15) is 75.2 Å². The molecule has 0 aliphatic heterocycles. The molecule has 0 bridgehead atoms. The SMILES string of the molecule is CCCC(=O)Oc1cc(C(=O)OCc2cccc(Br)c2)cc(OC(=O)CCC)c1OC(=O)CCC. The van der Waals surface area contributed by atoms with Crippen LogP contribution >= 0.6 is 15.9 Å². The third kappa shape index (κ3) is 9.16. The third-order valence-electron chi connectivity index (χ3n) is 4.54. The van der Waals surface area contributed by atoms with Gasteiger partial charge < -0.3 is 18.9 Å². The van der Waals surface area contributed by atoms with Gasteiger partial charge in [0.05, 0.1) is 5.56 Å². The van der Waals surface area contributed by atoms with E-state index in [2.05, 4.69) is 15.9 Å². The molecule has 0 aliphatic carbocycles. The van der Waals surface area contributed by atoms with Crippen LogP contribution in [0.4, 0.5) is 0 Å². The number of halogens is 1. The van der Waals surface area contributed by atoms with Crippen LogP contribution in [0.3, 0.4) is 0 Å². The van der Waals surface area contributed by atoms with Crippen LogP contribution in [-0.2, 0) is 25.7 Å². The van der Waals surface area contributed by atoms with Crippen LogP contribution in [0.25, 0.3) is 0 Å². The van der Waals surface area contributed by atoms with Crippen LogP contribution in [0.5, 0.6) is 17.2 Å². The lowest BCUT2D eigenvalue weighted by Gasteiger charge is -2.16. The molecule has 0 radical (unpaired) electrons. The smallest absolute Gasteiger partial charge is 0.338 e. The lowest BCUT2D eigenvalue weighted by molar-refractivity contribution is -0.138. The van der Waals surface area contributed by atoms with Crippen molar-refractivity contribution < 1.29 is 38.1 Å². The fourth-order valence-corrected chi connectivity index (χ4v) is 3.38. The summed E-state index contributed by atoms with van der Waals surface area (Å²) in [5.41, 5.74) is 0.718. The number of carbonyl (C=O) groups is 4. The number of hydrogen-bond donors (Lipinski definition) is 0. The summed E-state index contributed by atoms with van der Waals surface area (Å²) in [6, 6.07) is 9.73. The first-order valence-corrected chi connectivity index (χ1v) is 12.3. The van der Waals surface area contributed by atoms with E-state index in [1.165, 1.54) is 12.1 Å². The van der Waals surface area contributed by atoms with E-state index in [0.717, 1.165) is 10.0 Å². The van der Waals surface area contributed by atoms with Crippen molar-refractivity contribution in [2.24, 2.45) is 0 Å². The molecular weight excluding hydrogens is 520 g/mol. The van der Waals surface area contributed by atoms with Crippen molar-refractivity contribution in [3.63, 3.8) is 0 Å². The fraction of sp³-hybridized carbons (Fsp3) is 0.385. The number of benzene rings is 2. The van der Waals surface area contributed by atoms with Gasteiger partial charge in [-0.25, -0.2) is 4.79 Å². The van der Waals surface area contributed by atoms with Gasteiger partial charge in [-0.1, -0.05) is 48.8 Å². The van der Waals surface area contributed by atoms with Crippen LogP contribution in [0.2, 0.25) is 0 Å². The van der Waals surface area contributed by atoms with Gasteiger partial charge in [0, 0.05) is 23.7 Å². The van der Waals surface area contributed by atoms with E-state index in [9.17, 15) is 19.2 Å². The number of rotatable bonds is 12. The van der Waals surface area contributed by atoms with Gasteiger partial charge in [0.15, 0.2) is 11.5 Å². The molecule has 2 aromatic carbocycles. The minimum atomic E-state index is -0.739. The Kier molecular flexibility index (Phi) is 11.4. The maximum absolute atomic E-state index is 12.8. The summed E-state index contributed by atoms with van der Waals surface area (Å²) in [4.78, 5) is 49.6. The Balaban J connectivity index is 2.45. The molecular formula is C26H29BrO8. The van der Waals surface area contributed by atoms with Gasteiger partial charge in [-0.15, -0.1) is 0 Å². The molecule has 0 spiro atoms. The second-order valence-corrected chi connectivity index (χ2v) is 8.60. The minimum Gasteiger partial charge on any atom is -0.457 e. The predicted octanol–water partition coefficient (Wildman–Crippen LogP) is 5.92. The number of carbonyl (C=O) groups excluding carboxylic acids is 4. The summed E-state index contributed by atoms with van der Waals surface area (Å²) in [6.07, 6.45) is 1.87. The van der Waals surface area contributed by atoms with Crippen molar-refractivity contribution in [3.8, 4) is 17.2 Å². The lowest BCUT2D eigenvalue weighted by Crippen LogP contribution is -2.16. The lowest BCUT2D eigenvalue weighted by atomic mass is 10.1. The van der Waals surface area contributed by atoms with E-state index in [4.69, 9.17) is 18.9 Å². The average Bonchev–Trinajstić information content (AvgIpc) is 2.80. The molecule has 0 aromatic heterocycles. The molecule has 8 nitrogen and oxygen atoms in total. The van der Waals surface area contributed by atoms with E-state index < -0.39 is 23.9 Å². The van der Waals surface area contributed by atoms with Gasteiger partial charge in [0.2, 0.25) is 5.75 Å². The van der Waals surface area contributed by atoms with Gasteiger partial charge in [0.25, 0.3) is 0 Å². The van der Waals surface area contributed by atoms with Gasteiger partial charge in [-0.05, 0) is 49.1 Å². The van der Waals surface area contributed by atoms with Crippen molar-refractivity contribution in [1.29, 1.82) is 0 Å². The zero-order valence-corrected chi connectivity index (χ0v) is 21.6. The van der Waals surface area contributed by atoms with Gasteiger partial charge in [0.1, 0.15) is 6.61 Å². The maximum atomic E-state index is 12.8. The molecule has 9 heteroatoms. The fourth-order valence-electron chi connectivity index (χ4n) is 2.93. The summed E-state index contributed by atoms with van der Waals surface area (Å²) in [7, 11) is 0.